The van der Waals surface area contributed by atoms with E-state index in [1.807, 2.05) is 19.1 Å². The summed E-state index contributed by atoms with van der Waals surface area (Å²) >= 11 is 14.1. The molecule has 0 spiro atoms. The summed E-state index contributed by atoms with van der Waals surface area (Å²) in [6.07, 6.45) is 1.42. The van der Waals surface area contributed by atoms with E-state index in [0.29, 0.717) is 28.1 Å². The van der Waals surface area contributed by atoms with Gasteiger partial charge in [-0.3, -0.25) is 0 Å². The van der Waals surface area contributed by atoms with Gasteiger partial charge >= 0.3 is 0 Å². The highest BCUT2D eigenvalue weighted by atomic mass is 127. The first-order valence-electron chi connectivity index (χ1n) is 5.76. The monoisotopic (exact) mass is 407 g/mol. The first-order chi connectivity index (χ1) is 9.01. The van der Waals surface area contributed by atoms with Crippen LogP contribution in [-0.2, 0) is 12.8 Å². The largest absolute Gasteiger partial charge is 0.383 e. The number of anilines is 1. The third-order valence-electron chi connectivity index (χ3n) is 2.67. The highest BCUT2D eigenvalue weighted by Crippen LogP contribution is 2.24. The van der Waals surface area contributed by atoms with Crippen molar-refractivity contribution in [2.75, 3.05) is 5.73 Å². The van der Waals surface area contributed by atoms with Crippen LogP contribution in [0.5, 0.6) is 0 Å². The maximum atomic E-state index is 6.00. The van der Waals surface area contributed by atoms with Crippen molar-refractivity contribution in [1.82, 2.24) is 9.97 Å². The number of nitrogens with two attached hydrogens (primary N) is 1. The van der Waals surface area contributed by atoms with Gasteiger partial charge in [-0.15, -0.1) is 0 Å². The number of halogens is 3. The number of nitrogens with zero attached hydrogens (tertiary/aromatic N) is 2. The Morgan fingerprint density at radius 1 is 1.21 bits per heavy atom. The summed E-state index contributed by atoms with van der Waals surface area (Å²) in [6, 6.07) is 5.51. The molecule has 1 heterocycles. The van der Waals surface area contributed by atoms with E-state index in [1.165, 1.54) is 0 Å². The van der Waals surface area contributed by atoms with Gasteiger partial charge in [0.15, 0.2) is 0 Å². The van der Waals surface area contributed by atoms with Gasteiger partial charge in [-0.05, 0) is 46.7 Å². The lowest BCUT2D eigenvalue weighted by molar-refractivity contribution is 0.901. The van der Waals surface area contributed by atoms with Crippen molar-refractivity contribution in [2.45, 2.75) is 19.8 Å². The van der Waals surface area contributed by atoms with Crippen molar-refractivity contribution in [2.24, 2.45) is 0 Å². The van der Waals surface area contributed by atoms with Crippen LogP contribution in [-0.4, -0.2) is 9.97 Å². The van der Waals surface area contributed by atoms with E-state index in [2.05, 4.69) is 32.6 Å². The molecule has 1 aromatic heterocycles. The zero-order valence-electron chi connectivity index (χ0n) is 10.3. The fraction of sp³-hybridized carbons (Fsp3) is 0.231. The summed E-state index contributed by atoms with van der Waals surface area (Å²) in [6.45, 7) is 2.05. The summed E-state index contributed by atoms with van der Waals surface area (Å²) in [5, 5.41) is 1.08. The average molecular weight is 408 g/mol. The highest BCUT2D eigenvalue weighted by Gasteiger charge is 2.09. The number of rotatable bonds is 3. The zero-order chi connectivity index (χ0) is 14.0. The fourth-order valence-electron chi connectivity index (χ4n) is 1.71. The lowest BCUT2D eigenvalue weighted by Gasteiger charge is -2.08. The van der Waals surface area contributed by atoms with Gasteiger partial charge in [0.25, 0.3) is 0 Å². The second-order valence-electron chi connectivity index (χ2n) is 4.06. The van der Waals surface area contributed by atoms with Crippen LogP contribution in [0.1, 0.15) is 24.0 Å². The van der Waals surface area contributed by atoms with Crippen molar-refractivity contribution in [3.05, 3.63) is 48.9 Å². The highest BCUT2D eigenvalue weighted by molar-refractivity contribution is 14.1. The van der Waals surface area contributed by atoms with Crippen molar-refractivity contribution in [3.63, 3.8) is 0 Å². The molecule has 0 aliphatic heterocycles. The molecule has 3 nitrogen and oxygen atoms in total. The minimum absolute atomic E-state index is 0.530. The second kappa shape index (κ2) is 6.24. The zero-order valence-corrected chi connectivity index (χ0v) is 13.9. The van der Waals surface area contributed by atoms with Gasteiger partial charge in [-0.25, -0.2) is 9.97 Å². The minimum Gasteiger partial charge on any atom is -0.383 e. The van der Waals surface area contributed by atoms with Gasteiger partial charge in [0.05, 0.1) is 19.3 Å². The molecular weight excluding hydrogens is 396 g/mol. The molecular formula is C13H12Cl2IN3. The van der Waals surface area contributed by atoms with E-state index in [0.717, 1.165) is 21.2 Å². The molecule has 0 saturated heterocycles. The molecule has 0 bridgehead atoms. The second-order valence-corrected chi connectivity index (χ2v) is 5.96. The van der Waals surface area contributed by atoms with Gasteiger partial charge in [-0.2, -0.15) is 0 Å². The van der Waals surface area contributed by atoms with Gasteiger partial charge < -0.3 is 5.73 Å². The number of hydrogen-bond acceptors (Lipinski definition) is 3. The Morgan fingerprint density at radius 2 is 1.95 bits per heavy atom. The number of hydrogen-bond donors (Lipinski definition) is 1. The van der Waals surface area contributed by atoms with E-state index in [-0.39, 0.29) is 0 Å². The smallest absolute Gasteiger partial charge is 0.140 e. The third-order valence-corrected chi connectivity index (χ3v) is 4.59. The summed E-state index contributed by atoms with van der Waals surface area (Å²) in [4.78, 5) is 8.84. The molecule has 0 fully saturated rings. The molecule has 6 heteroatoms. The molecule has 2 aromatic rings. The number of aryl methyl sites for hydroxylation is 1. The molecule has 0 aliphatic rings. The first kappa shape index (κ1) is 14.8. The molecule has 0 atom stereocenters. The van der Waals surface area contributed by atoms with E-state index < -0.39 is 0 Å². The molecule has 0 saturated carbocycles. The Labute approximate surface area is 135 Å². The lowest BCUT2D eigenvalue weighted by atomic mass is 10.1. The van der Waals surface area contributed by atoms with Gasteiger partial charge in [0.2, 0.25) is 0 Å². The summed E-state index contributed by atoms with van der Waals surface area (Å²) in [7, 11) is 0. The SMILES string of the molecule is CCc1nc(Cc2ccc(Cl)c(Cl)c2)nc(N)c1I. The Balaban J connectivity index is 2.32. The van der Waals surface area contributed by atoms with Gasteiger partial charge in [0, 0.05) is 6.42 Å². The van der Waals surface area contributed by atoms with Crippen LogP contribution in [0.2, 0.25) is 10.0 Å². The van der Waals surface area contributed by atoms with E-state index in [1.54, 1.807) is 6.07 Å². The summed E-state index contributed by atoms with van der Waals surface area (Å²) < 4.78 is 0.929. The van der Waals surface area contributed by atoms with E-state index >= 15 is 0 Å². The van der Waals surface area contributed by atoms with Crippen molar-refractivity contribution >= 4 is 51.6 Å². The number of benzene rings is 1. The van der Waals surface area contributed by atoms with Crippen LogP contribution < -0.4 is 5.73 Å². The molecule has 0 amide bonds. The summed E-state index contributed by atoms with van der Waals surface area (Å²) in [5.41, 5.74) is 7.89. The lowest BCUT2D eigenvalue weighted by Crippen LogP contribution is -2.07. The molecule has 2 N–H and O–H groups in total. The van der Waals surface area contributed by atoms with E-state index in [4.69, 9.17) is 28.9 Å². The van der Waals surface area contributed by atoms with Crippen LogP contribution >= 0.6 is 45.8 Å². The molecule has 0 aliphatic carbocycles. The molecule has 100 valence electrons. The molecule has 19 heavy (non-hydrogen) atoms. The number of nitrogen functional groups attached to an aromatic ring is 1. The third kappa shape index (κ3) is 3.49. The molecule has 0 unspecified atom stereocenters. The Hall–Kier alpha value is -0.590. The average Bonchev–Trinajstić information content (AvgIpc) is 2.38. The van der Waals surface area contributed by atoms with Crippen LogP contribution in [0.15, 0.2) is 18.2 Å². The Bertz CT molecular complexity index is 617. The van der Waals surface area contributed by atoms with Crippen LogP contribution in [0.25, 0.3) is 0 Å². The Kier molecular flexibility index (Phi) is 4.86. The first-order valence-corrected chi connectivity index (χ1v) is 7.59. The normalized spacial score (nSPS) is 10.7. The van der Waals surface area contributed by atoms with Crippen LogP contribution in [0.4, 0.5) is 5.82 Å². The molecule has 2 rings (SSSR count). The fourth-order valence-corrected chi connectivity index (χ4v) is 2.65. The van der Waals surface area contributed by atoms with Crippen LogP contribution in [0.3, 0.4) is 0 Å². The van der Waals surface area contributed by atoms with Crippen LogP contribution in [0, 0.1) is 3.57 Å². The standard InChI is InChI=1S/C13H12Cl2IN3/c1-2-10-12(16)13(17)19-11(18-10)6-7-3-4-8(14)9(15)5-7/h3-5H,2,6H2,1H3,(H2,17,18,19). The van der Waals surface area contributed by atoms with Gasteiger partial charge in [-0.1, -0.05) is 36.2 Å². The minimum atomic E-state index is 0.530. The maximum absolute atomic E-state index is 6.00. The quantitative estimate of drug-likeness (QED) is 0.778. The predicted molar refractivity (Wildman–Crippen MR) is 87.8 cm³/mol. The Morgan fingerprint density at radius 3 is 2.58 bits per heavy atom. The predicted octanol–water partition coefficient (Wildman–Crippen LogP) is 4.12. The van der Waals surface area contributed by atoms with Gasteiger partial charge in [0.1, 0.15) is 11.6 Å². The van der Waals surface area contributed by atoms with Crippen molar-refractivity contribution in [1.29, 1.82) is 0 Å². The molecule has 1 aromatic carbocycles. The molecule has 0 radical (unpaired) electrons. The van der Waals surface area contributed by atoms with Crippen molar-refractivity contribution in [3.8, 4) is 0 Å². The topological polar surface area (TPSA) is 51.8 Å². The van der Waals surface area contributed by atoms with E-state index in [9.17, 15) is 0 Å². The van der Waals surface area contributed by atoms with Crippen molar-refractivity contribution < 1.29 is 0 Å². The summed E-state index contributed by atoms with van der Waals surface area (Å²) in [5.74, 6) is 1.23. The number of aromatic nitrogens is 2. The maximum Gasteiger partial charge on any atom is 0.140 e.